The summed E-state index contributed by atoms with van der Waals surface area (Å²) in [6.45, 7) is 1.40. The van der Waals surface area contributed by atoms with Gasteiger partial charge in [-0.3, -0.25) is 4.90 Å². The van der Waals surface area contributed by atoms with Gasteiger partial charge in [0.1, 0.15) is 0 Å². The van der Waals surface area contributed by atoms with Crippen molar-refractivity contribution in [3.05, 3.63) is 0 Å². The van der Waals surface area contributed by atoms with Crippen LogP contribution in [0.4, 0.5) is 0 Å². The van der Waals surface area contributed by atoms with Gasteiger partial charge in [-0.05, 0) is 26.3 Å². The number of nitrogens with zero attached hydrogens (tertiary/aromatic N) is 1. The van der Waals surface area contributed by atoms with E-state index in [2.05, 4.69) is 4.90 Å². The molecular weight excluding hydrogens is 240 g/mol. The minimum absolute atomic E-state index is 0.167. The average molecular weight is 262 g/mol. The predicted octanol–water partition coefficient (Wildman–Crippen LogP) is -0.388. The highest BCUT2D eigenvalue weighted by molar-refractivity contribution is 7.91. The van der Waals surface area contributed by atoms with E-state index in [0.29, 0.717) is 18.1 Å². The summed E-state index contributed by atoms with van der Waals surface area (Å²) in [4.78, 5) is 2.13. The van der Waals surface area contributed by atoms with Crippen molar-refractivity contribution >= 4 is 9.84 Å². The first-order valence-corrected chi connectivity index (χ1v) is 8.08. The van der Waals surface area contributed by atoms with Crippen molar-refractivity contribution in [2.24, 2.45) is 5.73 Å². The Morgan fingerprint density at radius 2 is 2.00 bits per heavy atom. The molecule has 2 aliphatic heterocycles. The lowest BCUT2D eigenvalue weighted by Crippen LogP contribution is -2.38. The van der Waals surface area contributed by atoms with Crippen LogP contribution in [0.15, 0.2) is 0 Å². The minimum Gasteiger partial charge on any atom is -0.372 e. The van der Waals surface area contributed by atoms with E-state index in [1.54, 1.807) is 0 Å². The standard InChI is InChI=1S/C11H22N2O3S/c1-13(9-4-5-17(14,15)8-9)7-11-3-2-10(6-12)16-11/h9-11H,2-8,12H2,1H3. The molecule has 0 aromatic carbocycles. The molecule has 6 heteroatoms. The first kappa shape index (κ1) is 13.3. The van der Waals surface area contributed by atoms with E-state index < -0.39 is 9.84 Å². The summed E-state index contributed by atoms with van der Waals surface area (Å²) in [5.41, 5.74) is 5.57. The summed E-state index contributed by atoms with van der Waals surface area (Å²) < 4.78 is 28.6. The zero-order chi connectivity index (χ0) is 12.5. The first-order chi connectivity index (χ1) is 8.00. The fourth-order valence-corrected chi connectivity index (χ4v) is 4.49. The SMILES string of the molecule is CN(CC1CCC(CN)O1)C1CCS(=O)(=O)C1. The molecule has 0 saturated carbocycles. The van der Waals surface area contributed by atoms with Crippen LogP contribution < -0.4 is 5.73 Å². The van der Waals surface area contributed by atoms with Gasteiger partial charge in [0.15, 0.2) is 9.84 Å². The number of ether oxygens (including phenoxy) is 1. The highest BCUT2D eigenvalue weighted by atomic mass is 32.2. The molecule has 2 aliphatic rings. The largest absolute Gasteiger partial charge is 0.372 e. The smallest absolute Gasteiger partial charge is 0.151 e. The van der Waals surface area contributed by atoms with E-state index in [4.69, 9.17) is 10.5 Å². The van der Waals surface area contributed by atoms with Crippen LogP contribution in [0, 0.1) is 0 Å². The molecule has 2 saturated heterocycles. The molecule has 0 amide bonds. The number of likely N-dealkylation sites (N-methyl/N-ethyl adjacent to an activating group) is 1. The second-order valence-electron chi connectivity index (χ2n) is 5.19. The quantitative estimate of drug-likeness (QED) is 0.747. The van der Waals surface area contributed by atoms with E-state index >= 15 is 0 Å². The van der Waals surface area contributed by atoms with Gasteiger partial charge in [0, 0.05) is 19.1 Å². The molecular formula is C11H22N2O3S. The Labute approximate surface area is 103 Å². The maximum absolute atomic E-state index is 11.4. The fraction of sp³-hybridized carbons (Fsp3) is 1.00. The van der Waals surface area contributed by atoms with Gasteiger partial charge in [0.2, 0.25) is 0 Å². The minimum atomic E-state index is -2.79. The number of sulfone groups is 1. The number of hydrogen-bond donors (Lipinski definition) is 1. The Morgan fingerprint density at radius 3 is 2.53 bits per heavy atom. The zero-order valence-electron chi connectivity index (χ0n) is 10.3. The summed E-state index contributed by atoms with van der Waals surface area (Å²) in [7, 11) is -0.801. The van der Waals surface area contributed by atoms with Crippen molar-refractivity contribution in [2.75, 3.05) is 31.6 Å². The molecule has 0 spiro atoms. The Morgan fingerprint density at radius 1 is 1.29 bits per heavy atom. The third-order valence-electron chi connectivity index (χ3n) is 3.78. The Balaban J connectivity index is 1.80. The summed E-state index contributed by atoms with van der Waals surface area (Å²) in [6, 6.07) is 0.167. The van der Waals surface area contributed by atoms with Crippen LogP contribution in [-0.4, -0.2) is 63.2 Å². The average Bonchev–Trinajstić information content (AvgIpc) is 2.84. The van der Waals surface area contributed by atoms with Gasteiger partial charge in [-0.25, -0.2) is 8.42 Å². The summed E-state index contributed by atoms with van der Waals surface area (Å²) in [5, 5.41) is 0. The fourth-order valence-electron chi connectivity index (χ4n) is 2.68. The molecule has 0 aromatic rings. The molecule has 0 bridgehead atoms. The molecule has 0 aromatic heterocycles. The summed E-state index contributed by atoms with van der Waals surface area (Å²) >= 11 is 0. The molecule has 3 unspecified atom stereocenters. The zero-order valence-corrected chi connectivity index (χ0v) is 11.2. The topological polar surface area (TPSA) is 72.6 Å². The lowest BCUT2D eigenvalue weighted by atomic mass is 10.1. The second kappa shape index (κ2) is 5.22. The van der Waals surface area contributed by atoms with E-state index in [1.165, 1.54) is 0 Å². The maximum Gasteiger partial charge on any atom is 0.151 e. The lowest BCUT2D eigenvalue weighted by Gasteiger charge is -2.26. The lowest BCUT2D eigenvalue weighted by molar-refractivity contribution is 0.0260. The number of hydrogen-bond acceptors (Lipinski definition) is 5. The van der Waals surface area contributed by atoms with Crippen molar-refractivity contribution in [3.63, 3.8) is 0 Å². The van der Waals surface area contributed by atoms with E-state index in [-0.39, 0.29) is 18.2 Å². The van der Waals surface area contributed by atoms with Crippen LogP contribution >= 0.6 is 0 Å². The van der Waals surface area contributed by atoms with Crippen LogP contribution in [0.5, 0.6) is 0 Å². The van der Waals surface area contributed by atoms with Gasteiger partial charge in [-0.15, -0.1) is 0 Å². The van der Waals surface area contributed by atoms with E-state index in [0.717, 1.165) is 25.8 Å². The van der Waals surface area contributed by atoms with Crippen LogP contribution in [0.1, 0.15) is 19.3 Å². The highest BCUT2D eigenvalue weighted by Crippen LogP contribution is 2.22. The summed E-state index contributed by atoms with van der Waals surface area (Å²) in [5.74, 6) is 0.634. The molecule has 100 valence electrons. The van der Waals surface area contributed by atoms with E-state index in [1.807, 2.05) is 7.05 Å². The molecule has 2 rings (SSSR count). The molecule has 3 atom stereocenters. The van der Waals surface area contributed by atoms with Gasteiger partial charge in [-0.2, -0.15) is 0 Å². The van der Waals surface area contributed by atoms with Gasteiger partial charge in [-0.1, -0.05) is 0 Å². The van der Waals surface area contributed by atoms with Crippen molar-refractivity contribution < 1.29 is 13.2 Å². The van der Waals surface area contributed by atoms with Crippen molar-refractivity contribution in [1.82, 2.24) is 4.90 Å². The second-order valence-corrected chi connectivity index (χ2v) is 7.42. The first-order valence-electron chi connectivity index (χ1n) is 6.26. The highest BCUT2D eigenvalue weighted by Gasteiger charge is 2.33. The molecule has 2 fully saturated rings. The summed E-state index contributed by atoms with van der Waals surface area (Å²) in [6.07, 6.45) is 3.23. The number of rotatable bonds is 4. The van der Waals surface area contributed by atoms with Crippen molar-refractivity contribution in [1.29, 1.82) is 0 Å². The van der Waals surface area contributed by atoms with Crippen LogP contribution in [0.25, 0.3) is 0 Å². The van der Waals surface area contributed by atoms with Crippen LogP contribution in [0.2, 0.25) is 0 Å². The monoisotopic (exact) mass is 262 g/mol. The maximum atomic E-state index is 11.4. The molecule has 2 N–H and O–H groups in total. The van der Waals surface area contributed by atoms with Crippen molar-refractivity contribution in [2.45, 2.75) is 37.5 Å². The molecule has 2 heterocycles. The van der Waals surface area contributed by atoms with Gasteiger partial charge in [0.25, 0.3) is 0 Å². The van der Waals surface area contributed by atoms with Crippen LogP contribution in [-0.2, 0) is 14.6 Å². The van der Waals surface area contributed by atoms with Gasteiger partial charge >= 0.3 is 0 Å². The number of nitrogens with two attached hydrogens (primary N) is 1. The molecule has 5 nitrogen and oxygen atoms in total. The predicted molar refractivity (Wildman–Crippen MR) is 66.6 cm³/mol. The molecule has 0 radical (unpaired) electrons. The Hall–Kier alpha value is -0.170. The van der Waals surface area contributed by atoms with E-state index in [9.17, 15) is 8.42 Å². The van der Waals surface area contributed by atoms with Crippen LogP contribution in [0.3, 0.4) is 0 Å². The third-order valence-corrected chi connectivity index (χ3v) is 5.53. The van der Waals surface area contributed by atoms with Gasteiger partial charge in [0.05, 0.1) is 23.7 Å². The Bertz CT molecular complexity index is 358. The molecule has 17 heavy (non-hydrogen) atoms. The Kier molecular flexibility index (Phi) is 4.07. The normalized spacial score (nSPS) is 36.8. The molecule has 0 aliphatic carbocycles. The van der Waals surface area contributed by atoms with Gasteiger partial charge < -0.3 is 10.5 Å². The third kappa shape index (κ3) is 3.40. The van der Waals surface area contributed by atoms with Crippen molar-refractivity contribution in [3.8, 4) is 0 Å².